The first kappa shape index (κ1) is 11.5. The van der Waals surface area contributed by atoms with Gasteiger partial charge in [0.15, 0.2) is 0 Å². The first-order valence-electron chi connectivity index (χ1n) is 4.31. The minimum absolute atomic E-state index is 0.260. The first-order chi connectivity index (χ1) is 7.07. The lowest BCUT2D eigenvalue weighted by atomic mass is 10.1. The van der Waals surface area contributed by atoms with Gasteiger partial charge in [-0.25, -0.2) is 0 Å². The van der Waals surface area contributed by atoms with Crippen molar-refractivity contribution in [2.45, 2.75) is 0 Å². The predicted octanol–water partition coefficient (Wildman–Crippen LogP) is 1.68. The summed E-state index contributed by atoms with van der Waals surface area (Å²) in [5.74, 6) is -0.260. The second kappa shape index (κ2) is 4.76. The Hall–Kier alpha value is -1.60. The van der Waals surface area contributed by atoms with Crippen molar-refractivity contribution in [2.75, 3.05) is 18.2 Å². The number of hydrogen-bond acceptors (Lipinski definition) is 3. The van der Waals surface area contributed by atoms with E-state index in [1.165, 1.54) is 0 Å². The Kier molecular flexibility index (Phi) is 3.64. The van der Waals surface area contributed by atoms with Gasteiger partial charge in [0.05, 0.1) is 0 Å². The number of nitrogens with zero attached hydrogens (tertiary/aromatic N) is 1. The van der Waals surface area contributed by atoms with Gasteiger partial charge in [-0.05, 0) is 24.6 Å². The maximum absolute atomic E-state index is 11.9. The van der Waals surface area contributed by atoms with E-state index in [9.17, 15) is 4.79 Å². The van der Waals surface area contributed by atoms with Gasteiger partial charge in [-0.1, -0.05) is 12.1 Å². The van der Waals surface area contributed by atoms with Crippen LogP contribution in [0.3, 0.4) is 0 Å². The number of nitrogens with two attached hydrogens (primary N) is 1. The number of nitrogen functional groups attached to an aromatic ring is 1. The summed E-state index contributed by atoms with van der Waals surface area (Å²) in [5.41, 5.74) is 6.50. The molecule has 78 valence electrons. The SMILES string of the molecule is CS(C)=C(C#N)C(=O)c1ccccc1N. The van der Waals surface area contributed by atoms with E-state index in [-0.39, 0.29) is 21.1 Å². The molecular formula is C11H12N2OS. The molecule has 2 N–H and O–H groups in total. The number of ketones is 1. The van der Waals surface area contributed by atoms with Crippen molar-refractivity contribution in [3.8, 4) is 6.07 Å². The monoisotopic (exact) mass is 220 g/mol. The molecule has 1 aromatic carbocycles. The van der Waals surface area contributed by atoms with E-state index in [1.54, 1.807) is 24.3 Å². The highest BCUT2D eigenvalue weighted by Crippen LogP contribution is 2.15. The van der Waals surface area contributed by atoms with Crippen molar-refractivity contribution in [2.24, 2.45) is 0 Å². The van der Waals surface area contributed by atoms with Crippen LogP contribution in [0.5, 0.6) is 0 Å². The fourth-order valence-electron chi connectivity index (χ4n) is 1.15. The standard InChI is InChI=1S/C11H12N2OS/c1-15(2)10(7-12)11(14)8-5-3-4-6-9(8)13/h3-6H,13H2,1-2H3. The van der Waals surface area contributed by atoms with E-state index in [2.05, 4.69) is 0 Å². The Labute approximate surface area is 91.4 Å². The number of anilines is 1. The fraction of sp³-hybridized carbons (Fsp3) is 0.182. The van der Waals surface area contributed by atoms with E-state index >= 15 is 0 Å². The summed E-state index contributed by atoms with van der Waals surface area (Å²) in [7, 11) is -0.342. The van der Waals surface area contributed by atoms with Gasteiger partial charge in [0.1, 0.15) is 10.9 Å². The van der Waals surface area contributed by atoms with Gasteiger partial charge in [-0.15, -0.1) is 0 Å². The summed E-state index contributed by atoms with van der Waals surface area (Å²) in [6.07, 6.45) is 3.69. The lowest BCUT2D eigenvalue weighted by Gasteiger charge is -2.04. The van der Waals surface area contributed by atoms with Crippen molar-refractivity contribution < 1.29 is 4.79 Å². The minimum atomic E-state index is -0.342. The summed E-state index contributed by atoms with van der Waals surface area (Å²) >= 11 is 0. The van der Waals surface area contributed by atoms with Crippen LogP contribution in [-0.4, -0.2) is 23.2 Å². The molecule has 15 heavy (non-hydrogen) atoms. The molecule has 0 saturated heterocycles. The Morgan fingerprint density at radius 1 is 1.40 bits per heavy atom. The smallest absolute Gasteiger partial charge is 0.211 e. The molecule has 4 heteroatoms. The third-order valence-electron chi connectivity index (χ3n) is 1.92. The van der Waals surface area contributed by atoms with Crippen LogP contribution >= 0.6 is 10.5 Å². The number of nitriles is 1. The Bertz CT molecular complexity index is 468. The third-order valence-corrected chi connectivity index (χ3v) is 3.01. The van der Waals surface area contributed by atoms with Crippen LogP contribution in [0.1, 0.15) is 10.4 Å². The summed E-state index contributed by atoms with van der Waals surface area (Å²) in [6.45, 7) is 0. The molecule has 0 saturated carbocycles. The van der Waals surface area contributed by atoms with E-state index < -0.39 is 0 Å². The van der Waals surface area contributed by atoms with Gasteiger partial charge >= 0.3 is 0 Å². The van der Waals surface area contributed by atoms with Crippen LogP contribution in [0.2, 0.25) is 0 Å². The molecule has 0 unspecified atom stereocenters. The van der Waals surface area contributed by atoms with Gasteiger partial charge in [0.25, 0.3) is 0 Å². The van der Waals surface area contributed by atoms with Crippen molar-refractivity contribution in [3.63, 3.8) is 0 Å². The molecule has 0 aliphatic rings. The number of carbonyl (C=O) groups excluding carboxylic acids is 1. The summed E-state index contributed by atoms with van der Waals surface area (Å²) in [4.78, 5) is 12.2. The summed E-state index contributed by atoms with van der Waals surface area (Å²) in [6, 6.07) is 8.75. The average Bonchev–Trinajstić information content (AvgIpc) is 2.18. The van der Waals surface area contributed by atoms with E-state index in [0.29, 0.717) is 11.3 Å². The highest BCUT2D eigenvalue weighted by Gasteiger charge is 2.15. The van der Waals surface area contributed by atoms with E-state index in [0.717, 1.165) is 0 Å². The second-order valence-corrected chi connectivity index (χ2v) is 5.22. The molecule has 0 bridgehead atoms. The van der Waals surface area contributed by atoms with Crippen LogP contribution in [0.25, 0.3) is 0 Å². The molecule has 0 atom stereocenters. The predicted molar refractivity (Wildman–Crippen MR) is 65.2 cm³/mol. The largest absolute Gasteiger partial charge is 0.398 e. The molecule has 0 amide bonds. The molecule has 0 fully saturated rings. The minimum Gasteiger partial charge on any atom is -0.398 e. The van der Waals surface area contributed by atoms with Crippen LogP contribution in [0.4, 0.5) is 5.69 Å². The lowest BCUT2D eigenvalue weighted by molar-refractivity contribution is 0.107. The molecule has 0 heterocycles. The zero-order chi connectivity index (χ0) is 11.4. The number of Topliss-reactive ketones (excluding diaryl/α,β-unsaturated/α-hetero) is 1. The van der Waals surface area contributed by atoms with E-state index in [4.69, 9.17) is 11.0 Å². The third kappa shape index (κ3) is 2.45. The summed E-state index contributed by atoms with van der Waals surface area (Å²) < 4.78 is 0. The van der Waals surface area contributed by atoms with Crippen molar-refractivity contribution >= 4 is 26.8 Å². The molecule has 3 nitrogen and oxygen atoms in total. The quantitative estimate of drug-likeness (QED) is 0.468. The number of rotatable bonds is 2. The normalized spacial score (nSPS) is 9.73. The van der Waals surface area contributed by atoms with Gasteiger partial charge in [-0.3, -0.25) is 4.79 Å². The first-order valence-corrected chi connectivity index (χ1v) is 6.36. The molecule has 1 aromatic rings. The number of benzene rings is 1. The molecule has 0 aliphatic heterocycles. The molecular weight excluding hydrogens is 208 g/mol. The average molecular weight is 220 g/mol. The maximum atomic E-state index is 11.9. The number of hydrogen-bond donors (Lipinski definition) is 1. The lowest BCUT2D eigenvalue weighted by Crippen LogP contribution is -2.14. The highest BCUT2D eigenvalue weighted by atomic mass is 32.2. The number of para-hydroxylation sites is 1. The molecule has 0 aliphatic carbocycles. The van der Waals surface area contributed by atoms with Gasteiger partial charge in [0.2, 0.25) is 5.78 Å². The Morgan fingerprint density at radius 3 is 2.47 bits per heavy atom. The van der Waals surface area contributed by atoms with Crippen LogP contribution in [-0.2, 0) is 0 Å². The zero-order valence-electron chi connectivity index (χ0n) is 8.65. The molecule has 0 radical (unpaired) electrons. The maximum Gasteiger partial charge on any atom is 0.211 e. The van der Waals surface area contributed by atoms with Crippen LogP contribution < -0.4 is 5.73 Å². The highest BCUT2D eigenvalue weighted by molar-refractivity contribution is 8.16. The van der Waals surface area contributed by atoms with E-state index in [1.807, 2.05) is 18.6 Å². The molecule has 0 spiro atoms. The molecule has 1 rings (SSSR count). The van der Waals surface area contributed by atoms with Crippen molar-refractivity contribution in [3.05, 3.63) is 29.8 Å². The zero-order valence-corrected chi connectivity index (χ0v) is 9.47. The second-order valence-electron chi connectivity index (χ2n) is 3.17. The van der Waals surface area contributed by atoms with Crippen molar-refractivity contribution in [1.82, 2.24) is 0 Å². The molecule has 0 aromatic heterocycles. The Balaban J connectivity index is 3.23. The Morgan fingerprint density at radius 2 is 2.00 bits per heavy atom. The van der Waals surface area contributed by atoms with Gasteiger partial charge < -0.3 is 5.73 Å². The van der Waals surface area contributed by atoms with Crippen molar-refractivity contribution in [1.29, 1.82) is 5.26 Å². The fourth-order valence-corrected chi connectivity index (χ4v) is 1.82. The van der Waals surface area contributed by atoms with Crippen LogP contribution in [0.15, 0.2) is 24.3 Å². The number of carbonyl (C=O) groups is 1. The van der Waals surface area contributed by atoms with Crippen LogP contribution in [0, 0.1) is 11.3 Å². The topological polar surface area (TPSA) is 66.9 Å². The van der Waals surface area contributed by atoms with Gasteiger partial charge in [-0.2, -0.15) is 15.7 Å². The van der Waals surface area contributed by atoms with Gasteiger partial charge in [0, 0.05) is 11.3 Å². The summed E-state index contributed by atoms with van der Waals surface area (Å²) in [5, 5.41) is 8.88.